The molecule has 3 rings (SSSR count). The molecule has 1 aromatic carbocycles. The Kier molecular flexibility index (Phi) is 5.50. The van der Waals surface area contributed by atoms with Crippen molar-refractivity contribution in [3.63, 3.8) is 0 Å². The Labute approximate surface area is 152 Å². The fourth-order valence-corrected chi connectivity index (χ4v) is 2.96. The molecule has 3 aromatic rings. The zero-order valence-electron chi connectivity index (χ0n) is 14.3. The van der Waals surface area contributed by atoms with Gasteiger partial charge in [-0.05, 0) is 30.7 Å². The first-order valence-corrected chi connectivity index (χ1v) is 8.57. The fourth-order valence-electron chi connectivity index (χ4n) is 2.66. The van der Waals surface area contributed by atoms with Crippen LogP contribution in [0.15, 0.2) is 53.7 Å². The molecule has 2 N–H and O–H groups in total. The quantitative estimate of drug-likeness (QED) is 0.545. The van der Waals surface area contributed by atoms with Crippen molar-refractivity contribution >= 4 is 23.2 Å². The molecule has 0 aliphatic carbocycles. The Morgan fingerprint density at radius 3 is 2.80 bits per heavy atom. The summed E-state index contributed by atoms with van der Waals surface area (Å²) in [4.78, 5) is 4.27. The summed E-state index contributed by atoms with van der Waals surface area (Å²) in [5.41, 5.74) is 1.89. The minimum absolute atomic E-state index is 0.0498. The summed E-state index contributed by atoms with van der Waals surface area (Å²) in [5.74, 6) is 1.64. The Morgan fingerprint density at radius 2 is 2.00 bits per heavy atom. The Balaban J connectivity index is 1.57. The van der Waals surface area contributed by atoms with Gasteiger partial charge >= 0.3 is 0 Å². The number of aliphatic imine (C=N–C) groups is 1. The van der Waals surface area contributed by atoms with E-state index in [0.29, 0.717) is 6.54 Å². The van der Waals surface area contributed by atoms with E-state index in [-0.39, 0.29) is 6.04 Å². The highest BCUT2D eigenvalue weighted by Gasteiger charge is 2.11. The maximum Gasteiger partial charge on any atom is 0.191 e. The van der Waals surface area contributed by atoms with E-state index in [9.17, 15) is 0 Å². The number of nitrogens with zero attached hydrogens (tertiary/aromatic N) is 4. The van der Waals surface area contributed by atoms with Crippen LogP contribution >= 0.6 is 11.6 Å². The second-order valence-corrected chi connectivity index (χ2v) is 6.09. The van der Waals surface area contributed by atoms with Crippen LogP contribution in [0.1, 0.15) is 24.4 Å². The molecule has 0 amide bonds. The molecule has 1 unspecified atom stereocenters. The van der Waals surface area contributed by atoms with E-state index in [1.807, 2.05) is 53.1 Å². The number of pyridine rings is 1. The molecule has 0 bridgehead atoms. The van der Waals surface area contributed by atoms with Crippen LogP contribution in [-0.4, -0.2) is 34.2 Å². The summed E-state index contributed by atoms with van der Waals surface area (Å²) in [5, 5.41) is 15.8. The number of nitrogens with one attached hydrogen (secondary N) is 2. The molecule has 7 heteroatoms. The van der Waals surface area contributed by atoms with Gasteiger partial charge in [0.1, 0.15) is 5.82 Å². The summed E-state index contributed by atoms with van der Waals surface area (Å²) in [6, 6.07) is 13.7. The molecular formula is C18H21ClN6. The average Bonchev–Trinajstić information content (AvgIpc) is 3.04. The smallest absolute Gasteiger partial charge is 0.191 e. The minimum atomic E-state index is 0.0498. The SMILES string of the molecule is CN=C(NCCc1nnc2ccccn12)NC(C)c1ccccc1Cl. The van der Waals surface area contributed by atoms with Crippen molar-refractivity contribution in [3.8, 4) is 0 Å². The number of aromatic nitrogens is 3. The average molecular weight is 357 g/mol. The topological polar surface area (TPSA) is 66.6 Å². The van der Waals surface area contributed by atoms with Gasteiger partial charge in [-0.25, -0.2) is 0 Å². The summed E-state index contributed by atoms with van der Waals surface area (Å²) in [7, 11) is 1.75. The van der Waals surface area contributed by atoms with Gasteiger partial charge in [0, 0.05) is 31.2 Å². The van der Waals surface area contributed by atoms with Gasteiger partial charge in [0.25, 0.3) is 0 Å². The predicted molar refractivity (Wildman–Crippen MR) is 101 cm³/mol. The first kappa shape index (κ1) is 17.2. The van der Waals surface area contributed by atoms with Crippen LogP contribution < -0.4 is 10.6 Å². The number of fused-ring (bicyclic) bond motifs is 1. The highest BCUT2D eigenvalue weighted by molar-refractivity contribution is 6.31. The molecule has 6 nitrogen and oxygen atoms in total. The Hall–Kier alpha value is -2.60. The second-order valence-electron chi connectivity index (χ2n) is 5.68. The van der Waals surface area contributed by atoms with E-state index in [1.54, 1.807) is 7.05 Å². The largest absolute Gasteiger partial charge is 0.356 e. The minimum Gasteiger partial charge on any atom is -0.356 e. The van der Waals surface area contributed by atoms with Gasteiger partial charge < -0.3 is 10.6 Å². The number of benzene rings is 1. The maximum absolute atomic E-state index is 6.25. The molecule has 2 heterocycles. The van der Waals surface area contributed by atoms with Crippen molar-refractivity contribution in [2.45, 2.75) is 19.4 Å². The molecule has 0 saturated heterocycles. The molecule has 130 valence electrons. The van der Waals surface area contributed by atoms with Gasteiger partial charge in [-0.15, -0.1) is 10.2 Å². The number of hydrogen-bond acceptors (Lipinski definition) is 3. The van der Waals surface area contributed by atoms with E-state index in [1.165, 1.54) is 0 Å². The van der Waals surface area contributed by atoms with Crippen LogP contribution in [0.4, 0.5) is 0 Å². The van der Waals surface area contributed by atoms with Gasteiger partial charge in [0.2, 0.25) is 0 Å². The number of rotatable bonds is 5. The van der Waals surface area contributed by atoms with E-state index in [2.05, 4.69) is 32.7 Å². The van der Waals surface area contributed by atoms with Crippen LogP contribution in [-0.2, 0) is 6.42 Å². The summed E-state index contributed by atoms with van der Waals surface area (Å²) in [6.45, 7) is 2.75. The lowest BCUT2D eigenvalue weighted by Gasteiger charge is -2.19. The monoisotopic (exact) mass is 356 g/mol. The molecule has 0 spiro atoms. The van der Waals surface area contributed by atoms with Gasteiger partial charge in [0.05, 0.1) is 6.04 Å². The van der Waals surface area contributed by atoms with E-state index >= 15 is 0 Å². The molecule has 0 aliphatic rings. The maximum atomic E-state index is 6.25. The zero-order valence-corrected chi connectivity index (χ0v) is 15.0. The van der Waals surface area contributed by atoms with E-state index in [0.717, 1.165) is 34.4 Å². The molecule has 0 saturated carbocycles. The number of guanidine groups is 1. The fraction of sp³-hybridized carbons (Fsp3) is 0.278. The van der Waals surface area contributed by atoms with Gasteiger partial charge in [-0.3, -0.25) is 9.39 Å². The highest BCUT2D eigenvalue weighted by Crippen LogP contribution is 2.21. The van der Waals surface area contributed by atoms with E-state index in [4.69, 9.17) is 11.6 Å². The highest BCUT2D eigenvalue weighted by atomic mass is 35.5. The van der Waals surface area contributed by atoms with Crippen LogP contribution in [0.2, 0.25) is 5.02 Å². The first-order valence-electron chi connectivity index (χ1n) is 8.19. The van der Waals surface area contributed by atoms with Crippen molar-refractivity contribution in [1.29, 1.82) is 0 Å². The molecular weight excluding hydrogens is 336 g/mol. The lowest BCUT2D eigenvalue weighted by atomic mass is 10.1. The third kappa shape index (κ3) is 4.09. The summed E-state index contributed by atoms with van der Waals surface area (Å²) < 4.78 is 1.99. The third-order valence-electron chi connectivity index (χ3n) is 3.97. The predicted octanol–water partition coefficient (Wildman–Crippen LogP) is 2.85. The second kappa shape index (κ2) is 7.98. The summed E-state index contributed by atoms with van der Waals surface area (Å²) in [6.07, 6.45) is 2.71. The molecule has 1 atom stereocenters. The zero-order chi connectivity index (χ0) is 17.6. The van der Waals surface area contributed by atoms with Crippen molar-refractivity contribution in [1.82, 2.24) is 25.2 Å². The number of halogens is 1. The van der Waals surface area contributed by atoms with Gasteiger partial charge in [-0.2, -0.15) is 0 Å². The first-order chi connectivity index (χ1) is 12.2. The van der Waals surface area contributed by atoms with E-state index < -0.39 is 0 Å². The van der Waals surface area contributed by atoms with Crippen molar-refractivity contribution in [2.75, 3.05) is 13.6 Å². The standard InChI is InChI=1S/C18H21ClN6/c1-13(14-7-3-4-8-15(14)19)22-18(20-2)21-11-10-17-24-23-16-9-5-6-12-25(16)17/h3-9,12-13H,10-11H2,1-2H3,(H2,20,21,22). The Morgan fingerprint density at radius 1 is 1.20 bits per heavy atom. The van der Waals surface area contributed by atoms with Crippen LogP contribution in [0, 0.1) is 0 Å². The van der Waals surface area contributed by atoms with Crippen molar-refractivity contribution < 1.29 is 0 Å². The Bertz CT molecular complexity index is 873. The number of hydrogen-bond donors (Lipinski definition) is 2. The molecule has 0 radical (unpaired) electrons. The third-order valence-corrected chi connectivity index (χ3v) is 4.32. The van der Waals surface area contributed by atoms with Gasteiger partial charge in [-0.1, -0.05) is 35.9 Å². The van der Waals surface area contributed by atoms with Crippen LogP contribution in [0.25, 0.3) is 5.65 Å². The summed E-state index contributed by atoms with van der Waals surface area (Å²) >= 11 is 6.25. The molecule has 2 aromatic heterocycles. The normalized spacial score (nSPS) is 13.0. The van der Waals surface area contributed by atoms with Crippen molar-refractivity contribution in [2.24, 2.45) is 4.99 Å². The van der Waals surface area contributed by atoms with Crippen LogP contribution in [0.5, 0.6) is 0 Å². The lowest BCUT2D eigenvalue weighted by molar-refractivity contribution is 0.680. The lowest BCUT2D eigenvalue weighted by Crippen LogP contribution is -2.39. The molecule has 0 fully saturated rings. The van der Waals surface area contributed by atoms with Crippen LogP contribution in [0.3, 0.4) is 0 Å². The van der Waals surface area contributed by atoms with Gasteiger partial charge in [0.15, 0.2) is 11.6 Å². The van der Waals surface area contributed by atoms with Crippen molar-refractivity contribution in [3.05, 3.63) is 65.1 Å². The molecule has 0 aliphatic heterocycles. The molecule has 25 heavy (non-hydrogen) atoms.